The molecule has 0 radical (unpaired) electrons. The van der Waals surface area contributed by atoms with E-state index >= 15 is 0 Å². The van der Waals surface area contributed by atoms with Crippen molar-refractivity contribution in [1.82, 2.24) is 28.3 Å². The fourth-order valence-corrected chi connectivity index (χ4v) is 8.33. The van der Waals surface area contributed by atoms with E-state index < -0.39 is 21.2 Å². The van der Waals surface area contributed by atoms with Gasteiger partial charge in [-0.2, -0.15) is 5.10 Å². The van der Waals surface area contributed by atoms with E-state index in [1.807, 2.05) is 49.5 Å². The first-order chi connectivity index (χ1) is 25.4. The maximum atomic E-state index is 13.9. The summed E-state index contributed by atoms with van der Waals surface area (Å²) >= 11 is 0. The zero-order valence-corrected chi connectivity index (χ0v) is 30.7. The Balaban J connectivity index is 1.31. The summed E-state index contributed by atoms with van der Waals surface area (Å²) in [5, 5.41) is 16.2. The number of pyridine rings is 1. The number of fused-ring (bicyclic) bond motifs is 2. The molecule has 270 valence electrons. The largest absolute Gasteiger partial charge is 0.389 e. The molecule has 8 rings (SSSR count). The Labute approximate surface area is 306 Å². The van der Waals surface area contributed by atoms with Gasteiger partial charge in [0.1, 0.15) is 11.3 Å². The van der Waals surface area contributed by atoms with E-state index in [1.54, 1.807) is 68.3 Å². The van der Waals surface area contributed by atoms with Crippen molar-refractivity contribution < 1.29 is 18.3 Å². The number of rotatable bonds is 8. The quantitative estimate of drug-likeness (QED) is 0.209. The van der Waals surface area contributed by atoms with Gasteiger partial charge in [-0.25, -0.2) is 22.4 Å². The highest BCUT2D eigenvalue weighted by molar-refractivity contribution is 7.90. The monoisotopic (exact) mass is 729 g/mol. The van der Waals surface area contributed by atoms with Crippen LogP contribution in [0, 0.1) is 6.92 Å². The van der Waals surface area contributed by atoms with Gasteiger partial charge in [0.25, 0.3) is 15.6 Å². The van der Waals surface area contributed by atoms with E-state index in [1.165, 1.54) is 10.8 Å². The van der Waals surface area contributed by atoms with E-state index in [4.69, 9.17) is 14.7 Å². The highest BCUT2D eigenvalue weighted by Crippen LogP contribution is 2.38. The molecule has 0 aliphatic carbocycles. The molecule has 0 amide bonds. The number of hydrogen-bond donors (Lipinski definition) is 1. The molecule has 12 nitrogen and oxygen atoms in total. The summed E-state index contributed by atoms with van der Waals surface area (Å²) in [7, 11) is -2.44. The number of anilines is 1. The third-order valence-electron chi connectivity index (χ3n) is 9.58. The Kier molecular flexibility index (Phi) is 8.51. The van der Waals surface area contributed by atoms with Gasteiger partial charge in [0.2, 0.25) is 0 Å². The van der Waals surface area contributed by atoms with E-state index in [9.17, 15) is 18.3 Å². The zero-order valence-electron chi connectivity index (χ0n) is 29.8. The summed E-state index contributed by atoms with van der Waals surface area (Å²) in [6.07, 6.45) is 6.72. The highest BCUT2D eigenvalue weighted by Gasteiger charge is 2.29. The van der Waals surface area contributed by atoms with Crippen molar-refractivity contribution in [3.63, 3.8) is 0 Å². The Hall–Kier alpha value is -5.63. The molecule has 13 heteroatoms. The maximum Gasteiger partial charge on any atom is 0.275 e. The number of hydrogen-bond acceptors (Lipinski definition) is 9. The Morgan fingerprint density at radius 3 is 2.47 bits per heavy atom. The van der Waals surface area contributed by atoms with Gasteiger partial charge in [0.15, 0.2) is 5.82 Å². The minimum absolute atomic E-state index is 0.0675. The molecule has 1 N–H and O–H groups in total. The Morgan fingerprint density at radius 2 is 1.72 bits per heavy atom. The van der Waals surface area contributed by atoms with Crippen LogP contribution in [-0.4, -0.2) is 67.2 Å². The Bertz CT molecular complexity index is 2660. The molecule has 0 spiro atoms. The fourth-order valence-electron chi connectivity index (χ4n) is 6.98. The molecule has 1 fully saturated rings. The summed E-state index contributed by atoms with van der Waals surface area (Å²) in [6, 6.07) is 24.2. The van der Waals surface area contributed by atoms with Crippen LogP contribution in [0.5, 0.6) is 0 Å². The lowest BCUT2D eigenvalue weighted by Crippen LogP contribution is -2.40. The summed E-state index contributed by atoms with van der Waals surface area (Å²) in [5.41, 5.74) is 3.56. The number of aryl methyl sites for hydroxylation is 2. The molecule has 1 saturated heterocycles. The standard InChI is InChI=1S/C40H39N7O5S/c1-26-10-13-30(14-11-26)53(50,51)47-17-16-31-33(23-44(4)39(48)36(31)47)28-12-15-34-32(20-28)38(46-18-19-52-24-35(46)27-8-6-5-7-9-27)43-37(42-34)29-21-41-45(22-29)25-40(2,3)49/h5-17,20-23,35,49H,18-19,24-25H2,1-4H3/t35-/m1/s1. The van der Waals surface area contributed by atoms with Gasteiger partial charge in [-0.15, -0.1) is 0 Å². The van der Waals surface area contributed by atoms with Gasteiger partial charge in [-0.1, -0.05) is 54.1 Å². The van der Waals surface area contributed by atoms with Crippen LogP contribution in [0.15, 0.2) is 113 Å². The average Bonchev–Trinajstić information content (AvgIpc) is 3.81. The second-order valence-corrected chi connectivity index (χ2v) is 16.0. The molecule has 5 heterocycles. The number of aromatic nitrogens is 6. The van der Waals surface area contributed by atoms with Crippen LogP contribution in [0.25, 0.3) is 44.3 Å². The molecule has 3 aromatic carbocycles. The highest BCUT2D eigenvalue weighted by atomic mass is 32.2. The summed E-state index contributed by atoms with van der Waals surface area (Å²) < 4.78 is 37.9. The molecule has 1 aliphatic rings. The van der Waals surface area contributed by atoms with Crippen LogP contribution < -0.4 is 10.5 Å². The van der Waals surface area contributed by atoms with Crippen molar-refractivity contribution in [3.05, 3.63) is 125 Å². The molecule has 0 bridgehead atoms. The lowest BCUT2D eigenvalue weighted by molar-refractivity contribution is 0.0577. The second-order valence-electron chi connectivity index (χ2n) is 14.2. The van der Waals surface area contributed by atoms with Gasteiger partial charge >= 0.3 is 0 Å². The van der Waals surface area contributed by atoms with Crippen molar-refractivity contribution in [2.45, 2.75) is 43.9 Å². The summed E-state index contributed by atoms with van der Waals surface area (Å²) in [6.45, 7) is 7.22. The van der Waals surface area contributed by atoms with Crippen LogP contribution in [0.4, 0.5) is 5.82 Å². The smallest absolute Gasteiger partial charge is 0.275 e. The van der Waals surface area contributed by atoms with Gasteiger partial charge in [-0.05, 0) is 62.2 Å². The van der Waals surface area contributed by atoms with Crippen LogP contribution in [0.1, 0.15) is 31.0 Å². The summed E-state index contributed by atoms with van der Waals surface area (Å²) in [5.74, 6) is 1.20. The van der Waals surface area contributed by atoms with Crippen LogP contribution >= 0.6 is 0 Å². The van der Waals surface area contributed by atoms with E-state index in [2.05, 4.69) is 22.1 Å². The zero-order chi connectivity index (χ0) is 37.1. The molecular weight excluding hydrogens is 691 g/mol. The molecule has 0 saturated carbocycles. The van der Waals surface area contributed by atoms with Crippen LogP contribution in [0.2, 0.25) is 0 Å². The van der Waals surface area contributed by atoms with Crippen molar-refractivity contribution in [2.75, 3.05) is 24.7 Å². The normalized spacial score (nSPS) is 15.4. The maximum absolute atomic E-state index is 13.9. The average molecular weight is 730 g/mol. The van der Waals surface area contributed by atoms with Gasteiger partial charge in [-0.3, -0.25) is 9.48 Å². The summed E-state index contributed by atoms with van der Waals surface area (Å²) in [4.78, 5) is 26.2. The molecular formula is C40H39N7O5S. The third-order valence-corrected chi connectivity index (χ3v) is 11.3. The molecule has 53 heavy (non-hydrogen) atoms. The van der Waals surface area contributed by atoms with Crippen molar-refractivity contribution in [2.24, 2.45) is 7.05 Å². The first kappa shape index (κ1) is 34.5. The Morgan fingerprint density at radius 1 is 0.943 bits per heavy atom. The fraction of sp³-hybridized carbons (Fsp3) is 0.250. The molecule has 0 unspecified atom stereocenters. The molecule has 1 aliphatic heterocycles. The number of aliphatic hydroxyl groups is 1. The topological polar surface area (TPSA) is 137 Å². The number of ether oxygens (including phenoxy) is 1. The van der Waals surface area contributed by atoms with Gasteiger partial charge in [0.05, 0.1) is 53.6 Å². The lowest BCUT2D eigenvalue weighted by atomic mass is 10.0. The van der Waals surface area contributed by atoms with E-state index in [0.29, 0.717) is 60.0 Å². The molecule has 4 aromatic heterocycles. The predicted molar refractivity (Wildman–Crippen MR) is 204 cm³/mol. The van der Waals surface area contributed by atoms with Gasteiger partial charge < -0.3 is 19.3 Å². The number of morpholine rings is 1. The first-order valence-corrected chi connectivity index (χ1v) is 18.8. The third kappa shape index (κ3) is 6.41. The van der Waals surface area contributed by atoms with Crippen molar-refractivity contribution >= 4 is 37.6 Å². The van der Waals surface area contributed by atoms with Crippen LogP contribution in [0.3, 0.4) is 0 Å². The predicted octanol–water partition coefficient (Wildman–Crippen LogP) is 5.71. The van der Waals surface area contributed by atoms with Gasteiger partial charge in [0, 0.05) is 48.5 Å². The van der Waals surface area contributed by atoms with Crippen molar-refractivity contribution in [1.29, 1.82) is 0 Å². The van der Waals surface area contributed by atoms with E-state index in [-0.39, 0.29) is 16.5 Å². The number of nitrogens with zero attached hydrogens (tertiary/aromatic N) is 7. The van der Waals surface area contributed by atoms with Crippen LogP contribution in [-0.2, 0) is 28.4 Å². The first-order valence-electron chi connectivity index (χ1n) is 17.4. The lowest BCUT2D eigenvalue weighted by Gasteiger charge is -2.37. The molecule has 1 atom stereocenters. The minimum Gasteiger partial charge on any atom is -0.389 e. The molecule has 7 aromatic rings. The van der Waals surface area contributed by atoms with E-state index in [0.717, 1.165) is 26.0 Å². The van der Waals surface area contributed by atoms with Crippen molar-refractivity contribution in [3.8, 4) is 22.5 Å². The number of benzene rings is 3. The SMILES string of the molecule is Cc1ccc(S(=O)(=O)n2ccc3c(-c4ccc5nc(-c6cnn(CC(C)(C)O)c6)nc(N6CCOC[C@@H]6c6ccccc6)c5c4)cn(C)c(=O)c32)cc1. The minimum atomic E-state index is -4.06. The second kappa shape index (κ2) is 13.1.